The van der Waals surface area contributed by atoms with E-state index in [2.05, 4.69) is 4.72 Å². The van der Waals surface area contributed by atoms with Gasteiger partial charge in [-0.1, -0.05) is 54.5 Å². The summed E-state index contributed by atoms with van der Waals surface area (Å²) in [4.78, 5) is 24.5. The molecule has 0 bridgehead atoms. The van der Waals surface area contributed by atoms with Crippen molar-refractivity contribution in [1.82, 2.24) is 4.57 Å². The van der Waals surface area contributed by atoms with Gasteiger partial charge < -0.3 is 4.74 Å². The Bertz CT molecular complexity index is 1530. The minimum atomic E-state index is -3.92. The Labute approximate surface area is 212 Å². The fourth-order valence-corrected chi connectivity index (χ4v) is 5.73. The second kappa shape index (κ2) is 10.6. The molecule has 0 aliphatic carbocycles. The van der Waals surface area contributed by atoms with Crippen molar-refractivity contribution < 1.29 is 17.9 Å². The number of anilines is 1. The van der Waals surface area contributed by atoms with Crippen LogP contribution in [0.2, 0.25) is 5.02 Å². The molecule has 0 unspecified atom stereocenters. The Morgan fingerprint density at radius 2 is 1.83 bits per heavy atom. The molecule has 0 radical (unpaired) electrons. The lowest BCUT2D eigenvalue weighted by atomic mass is 10.2. The van der Waals surface area contributed by atoms with Gasteiger partial charge in [-0.15, -0.1) is 0 Å². The molecule has 3 aromatic carbocycles. The van der Waals surface area contributed by atoms with Crippen LogP contribution in [0.15, 0.2) is 76.4 Å². The second-order valence-corrected chi connectivity index (χ2v) is 10.9. The molecule has 4 aromatic rings. The number of unbranched alkanes of at least 4 members (excludes halogenated alkanes) is 1. The molecule has 182 valence electrons. The zero-order valence-corrected chi connectivity index (χ0v) is 21.3. The van der Waals surface area contributed by atoms with Crippen LogP contribution in [0, 0.1) is 0 Å². The molecule has 0 spiro atoms. The van der Waals surface area contributed by atoms with Crippen LogP contribution >= 0.6 is 22.9 Å². The number of thiazole rings is 1. The highest BCUT2D eigenvalue weighted by Crippen LogP contribution is 2.25. The van der Waals surface area contributed by atoms with Gasteiger partial charge in [0.15, 0.2) is 0 Å². The van der Waals surface area contributed by atoms with Crippen molar-refractivity contribution in [3.63, 3.8) is 0 Å². The van der Waals surface area contributed by atoms with E-state index in [1.54, 1.807) is 16.7 Å². The Balaban J connectivity index is 1.53. The molecule has 0 fully saturated rings. The van der Waals surface area contributed by atoms with Gasteiger partial charge in [0.05, 0.1) is 33.8 Å². The average molecular weight is 531 g/mol. The van der Waals surface area contributed by atoms with Crippen molar-refractivity contribution in [3.05, 3.63) is 92.5 Å². The third kappa shape index (κ3) is 5.75. The van der Waals surface area contributed by atoms with E-state index >= 15 is 0 Å². The van der Waals surface area contributed by atoms with Crippen molar-refractivity contribution in [2.24, 2.45) is 0 Å². The van der Waals surface area contributed by atoms with Crippen LogP contribution in [0.4, 0.5) is 5.69 Å². The highest BCUT2D eigenvalue weighted by Gasteiger charge is 2.18. The Kier molecular flexibility index (Phi) is 7.59. The van der Waals surface area contributed by atoms with E-state index in [1.165, 1.54) is 36.4 Å². The summed E-state index contributed by atoms with van der Waals surface area (Å²) in [5.41, 5.74) is 2.08. The topological polar surface area (TPSA) is 94.5 Å². The van der Waals surface area contributed by atoms with E-state index in [-0.39, 0.29) is 16.3 Å². The summed E-state index contributed by atoms with van der Waals surface area (Å²) in [5, 5.41) is 0.558. The van der Waals surface area contributed by atoms with Crippen molar-refractivity contribution in [3.8, 4) is 0 Å². The number of hydrogen-bond donors (Lipinski definition) is 1. The molecule has 4 rings (SSSR count). The molecule has 0 aliphatic heterocycles. The summed E-state index contributed by atoms with van der Waals surface area (Å²) in [6, 6.07) is 17.9. The van der Waals surface area contributed by atoms with Crippen molar-refractivity contribution >= 4 is 54.8 Å². The molecule has 0 saturated carbocycles. The van der Waals surface area contributed by atoms with Crippen molar-refractivity contribution in [2.75, 3.05) is 11.3 Å². The molecular weight excluding hydrogens is 508 g/mol. The number of benzene rings is 3. The van der Waals surface area contributed by atoms with Crippen molar-refractivity contribution in [2.45, 2.75) is 31.2 Å². The van der Waals surface area contributed by atoms with Crippen LogP contribution in [0.5, 0.6) is 0 Å². The zero-order valence-electron chi connectivity index (χ0n) is 18.9. The molecule has 0 aliphatic rings. The Morgan fingerprint density at radius 1 is 1.09 bits per heavy atom. The number of nitrogens with one attached hydrogen (secondary N) is 1. The van der Waals surface area contributed by atoms with Crippen LogP contribution in [-0.4, -0.2) is 25.6 Å². The van der Waals surface area contributed by atoms with Gasteiger partial charge >= 0.3 is 10.8 Å². The molecule has 35 heavy (non-hydrogen) atoms. The number of halogens is 1. The standard InChI is InChI=1S/C25H23ClN2O5S2/c1-2-3-14-33-24(29)17-8-10-19(11-9-17)27-35(31,32)20-12-13-22-23(15-20)34-25(30)28(22)16-18-6-4-5-7-21(18)26/h4-13,15,27H,2-3,14,16H2,1H3. The smallest absolute Gasteiger partial charge is 0.338 e. The van der Waals surface area contributed by atoms with Gasteiger partial charge in [-0.25, -0.2) is 13.2 Å². The lowest BCUT2D eigenvalue weighted by Crippen LogP contribution is -2.14. The lowest BCUT2D eigenvalue weighted by Gasteiger charge is -2.10. The molecule has 1 heterocycles. The molecule has 0 saturated heterocycles. The van der Waals surface area contributed by atoms with Crippen LogP contribution in [0.1, 0.15) is 35.7 Å². The maximum Gasteiger partial charge on any atom is 0.338 e. The fraction of sp³-hybridized carbons (Fsp3) is 0.200. The Hall–Kier alpha value is -3.14. The maximum absolute atomic E-state index is 13.0. The molecule has 1 N–H and O–H groups in total. The van der Waals surface area contributed by atoms with Gasteiger partial charge in [0.2, 0.25) is 0 Å². The number of aromatic nitrogens is 1. The van der Waals surface area contributed by atoms with Crippen LogP contribution in [0.3, 0.4) is 0 Å². The first-order valence-corrected chi connectivity index (χ1v) is 13.6. The van der Waals surface area contributed by atoms with E-state index < -0.39 is 16.0 Å². The molecule has 0 amide bonds. The molecular formula is C25H23ClN2O5S2. The molecule has 7 nitrogen and oxygen atoms in total. The molecule has 10 heteroatoms. The van der Waals surface area contributed by atoms with Gasteiger partial charge in [-0.3, -0.25) is 14.1 Å². The summed E-state index contributed by atoms with van der Waals surface area (Å²) in [7, 11) is -3.92. The van der Waals surface area contributed by atoms with Gasteiger partial charge in [0.25, 0.3) is 10.0 Å². The van der Waals surface area contributed by atoms with Gasteiger partial charge in [-0.2, -0.15) is 0 Å². The van der Waals surface area contributed by atoms with E-state index in [0.29, 0.717) is 33.1 Å². The number of rotatable bonds is 9. The first-order valence-electron chi connectivity index (χ1n) is 11.0. The van der Waals surface area contributed by atoms with Crippen LogP contribution in [0.25, 0.3) is 10.2 Å². The normalized spacial score (nSPS) is 11.5. The number of carbonyl (C=O) groups excluding carboxylic acids is 1. The fourth-order valence-electron chi connectivity index (χ4n) is 3.44. The number of carbonyl (C=O) groups is 1. The first kappa shape index (κ1) is 25.0. The number of ether oxygens (including phenoxy) is 1. The average Bonchev–Trinajstić information content (AvgIpc) is 3.15. The summed E-state index contributed by atoms with van der Waals surface area (Å²) in [6.45, 7) is 2.64. The predicted octanol–water partition coefficient (Wildman–Crippen LogP) is 5.52. The SMILES string of the molecule is CCCCOC(=O)c1ccc(NS(=O)(=O)c2ccc3c(c2)sc(=O)n3Cc2ccccc2Cl)cc1. The van der Waals surface area contributed by atoms with E-state index in [4.69, 9.17) is 16.3 Å². The zero-order chi connectivity index (χ0) is 25.0. The highest BCUT2D eigenvalue weighted by atomic mass is 35.5. The number of nitrogens with zero attached hydrogens (tertiary/aromatic N) is 1. The minimum absolute atomic E-state index is 0.0270. The predicted molar refractivity (Wildman–Crippen MR) is 139 cm³/mol. The summed E-state index contributed by atoms with van der Waals surface area (Å²) in [5.74, 6) is -0.450. The van der Waals surface area contributed by atoms with Crippen molar-refractivity contribution in [1.29, 1.82) is 0 Å². The van der Waals surface area contributed by atoms with E-state index in [1.807, 2.05) is 25.1 Å². The molecule has 0 atom stereocenters. The van der Waals surface area contributed by atoms with E-state index in [0.717, 1.165) is 29.7 Å². The minimum Gasteiger partial charge on any atom is -0.462 e. The monoisotopic (exact) mass is 530 g/mol. The van der Waals surface area contributed by atoms with Gasteiger partial charge in [0.1, 0.15) is 0 Å². The summed E-state index contributed by atoms with van der Waals surface area (Å²) < 4.78 is 35.7. The Morgan fingerprint density at radius 3 is 2.54 bits per heavy atom. The maximum atomic E-state index is 13.0. The van der Waals surface area contributed by atoms with E-state index in [9.17, 15) is 18.0 Å². The van der Waals surface area contributed by atoms with Gasteiger partial charge in [-0.05, 0) is 60.5 Å². The number of hydrogen-bond acceptors (Lipinski definition) is 6. The second-order valence-electron chi connectivity index (χ2n) is 7.85. The first-order chi connectivity index (χ1) is 16.8. The summed E-state index contributed by atoms with van der Waals surface area (Å²) >= 11 is 7.21. The lowest BCUT2D eigenvalue weighted by molar-refractivity contribution is 0.0500. The summed E-state index contributed by atoms with van der Waals surface area (Å²) in [6.07, 6.45) is 1.70. The van der Waals surface area contributed by atoms with Gasteiger partial charge in [0, 0.05) is 10.7 Å². The number of esters is 1. The molecule has 1 aromatic heterocycles. The highest BCUT2D eigenvalue weighted by molar-refractivity contribution is 7.92. The van der Waals surface area contributed by atoms with Crippen LogP contribution in [-0.2, 0) is 21.3 Å². The largest absolute Gasteiger partial charge is 0.462 e. The quantitative estimate of drug-likeness (QED) is 0.227. The third-order valence-electron chi connectivity index (χ3n) is 5.34. The van der Waals surface area contributed by atoms with Crippen LogP contribution < -0.4 is 9.60 Å². The number of sulfonamides is 1. The third-order valence-corrected chi connectivity index (χ3v) is 8.03. The number of fused-ring (bicyclic) bond motifs is 1.